The maximum atomic E-state index is 12.2. The van der Waals surface area contributed by atoms with Crippen LogP contribution in [0.3, 0.4) is 0 Å². The molecular weight excluding hydrogens is 344 g/mol. The Hall–Kier alpha value is -2.73. The fourth-order valence-electron chi connectivity index (χ4n) is 2.46. The second kappa shape index (κ2) is 7.90. The quantitative estimate of drug-likeness (QED) is 0.831. The number of rotatable bonds is 5. The molecular formula is C18H17ClN2O4. The summed E-state index contributed by atoms with van der Waals surface area (Å²) in [5.41, 5.74) is 0.849. The second-order valence-corrected chi connectivity index (χ2v) is 5.93. The van der Waals surface area contributed by atoms with Gasteiger partial charge in [0.05, 0.1) is 6.26 Å². The maximum absolute atomic E-state index is 12.2. The van der Waals surface area contributed by atoms with Crippen molar-refractivity contribution < 1.29 is 18.7 Å². The molecule has 6 nitrogen and oxygen atoms in total. The molecule has 25 heavy (non-hydrogen) atoms. The highest BCUT2D eigenvalue weighted by atomic mass is 35.5. The summed E-state index contributed by atoms with van der Waals surface area (Å²) in [4.78, 5) is 25.6. The molecule has 0 fully saturated rings. The van der Waals surface area contributed by atoms with Crippen molar-refractivity contribution in [2.75, 3.05) is 19.7 Å². The summed E-state index contributed by atoms with van der Waals surface area (Å²) in [5, 5.41) is 3.33. The van der Waals surface area contributed by atoms with Gasteiger partial charge < -0.3 is 19.4 Å². The minimum Gasteiger partial charge on any atom is -0.483 e. The Bertz CT molecular complexity index is 786. The zero-order valence-corrected chi connectivity index (χ0v) is 14.2. The van der Waals surface area contributed by atoms with Crippen LogP contribution in [-0.2, 0) is 16.1 Å². The number of fused-ring (bicyclic) bond motifs is 1. The summed E-state index contributed by atoms with van der Waals surface area (Å²) >= 11 is 6.01. The normalized spacial score (nSPS) is 14.1. The Kier molecular flexibility index (Phi) is 5.40. The van der Waals surface area contributed by atoms with Crippen LogP contribution in [-0.4, -0.2) is 36.4 Å². The van der Waals surface area contributed by atoms with Crippen LogP contribution in [0.25, 0.3) is 6.08 Å². The highest BCUT2D eigenvalue weighted by Gasteiger charge is 2.21. The van der Waals surface area contributed by atoms with E-state index in [1.807, 2.05) is 0 Å². The zero-order valence-electron chi connectivity index (χ0n) is 13.4. The molecule has 7 heteroatoms. The fourth-order valence-corrected chi connectivity index (χ4v) is 2.65. The number of furan rings is 1. The van der Waals surface area contributed by atoms with E-state index in [1.165, 1.54) is 12.3 Å². The Morgan fingerprint density at radius 1 is 1.36 bits per heavy atom. The molecule has 1 aromatic carbocycles. The summed E-state index contributed by atoms with van der Waals surface area (Å²) in [5.74, 6) is 0.875. The number of benzene rings is 1. The molecule has 2 aromatic rings. The molecule has 1 aliphatic rings. The van der Waals surface area contributed by atoms with E-state index in [0.717, 1.165) is 5.56 Å². The summed E-state index contributed by atoms with van der Waals surface area (Å²) in [6.07, 6.45) is 4.51. The first-order chi connectivity index (χ1) is 12.1. The van der Waals surface area contributed by atoms with E-state index in [9.17, 15) is 9.59 Å². The minimum atomic E-state index is -0.252. The lowest BCUT2D eigenvalue weighted by Crippen LogP contribution is -2.38. The lowest BCUT2D eigenvalue weighted by molar-refractivity contribution is -0.133. The summed E-state index contributed by atoms with van der Waals surface area (Å²) < 4.78 is 10.6. The molecule has 0 radical (unpaired) electrons. The molecule has 1 aliphatic heterocycles. The van der Waals surface area contributed by atoms with Gasteiger partial charge in [-0.15, -0.1) is 0 Å². The first kappa shape index (κ1) is 17.1. The number of carbonyl (C=O) groups excluding carboxylic acids is 2. The number of halogens is 1. The monoisotopic (exact) mass is 360 g/mol. The number of nitrogens with one attached hydrogen (secondary N) is 1. The van der Waals surface area contributed by atoms with Gasteiger partial charge >= 0.3 is 0 Å². The number of carbonyl (C=O) groups is 2. The van der Waals surface area contributed by atoms with Crippen molar-refractivity contribution in [2.45, 2.75) is 6.54 Å². The van der Waals surface area contributed by atoms with Gasteiger partial charge in [-0.25, -0.2) is 0 Å². The number of ether oxygens (including phenoxy) is 1. The third kappa shape index (κ3) is 4.64. The van der Waals surface area contributed by atoms with Gasteiger partial charge in [0.25, 0.3) is 5.91 Å². The van der Waals surface area contributed by atoms with Crippen LogP contribution < -0.4 is 10.1 Å². The van der Waals surface area contributed by atoms with Gasteiger partial charge in [0.2, 0.25) is 5.91 Å². The Morgan fingerprint density at radius 3 is 3.04 bits per heavy atom. The molecule has 0 unspecified atom stereocenters. The van der Waals surface area contributed by atoms with E-state index < -0.39 is 0 Å². The smallest absolute Gasteiger partial charge is 0.260 e. The van der Waals surface area contributed by atoms with E-state index in [-0.39, 0.29) is 18.4 Å². The number of nitrogens with zero attached hydrogens (tertiary/aromatic N) is 1. The third-order valence-electron chi connectivity index (χ3n) is 3.71. The number of hydrogen-bond acceptors (Lipinski definition) is 4. The van der Waals surface area contributed by atoms with Crippen molar-refractivity contribution in [2.24, 2.45) is 0 Å². The van der Waals surface area contributed by atoms with Crippen LogP contribution >= 0.6 is 11.6 Å². The van der Waals surface area contributed by atoms with Crippen molar-refractivity contribution in [1.29, 1.82) is 0 Å². The van der Waals surface area contributed by atoms with Gasteiger partial charge in [-0.2, -0.15) is 0 Å². The highest BCUT2D eigenvalue weighted by molar-refractivity contribution is 6.30. The Labute approximate surface area is 150 Å². The SMILES string of the molecule is O=C(/C=C/c1ccco1)NCCN1Cc2cc(Cl)ccc2OCC1=O. The van der Waals surface area contributed by atoms with Crippen LogP contribution in [0.4, 0.5) is 0 Å². The molecule has 0 spiro atoms. The molecule has 0 bridgehead atoms. The van der Waals surface area contributed by atoms with Gasteiger partial charge in [-0.1, -0.05) is 11.6 Å². The maximum Gasteiger partial charge on any atom is 0.260 e. The predicted octanol–water partition coefficient (Wildman–Crippen LogP) is 2.48. The zero-order chi connectivity index (χ0) is 17.6. The summed E-state index contributed by atoms with van der Waals surface area (Å²) in [6.45, 7) is 1.09. The third-order valence-corrected chi connectivity index (χ3v) is 3.95. The first-order valence-electron chi connectivity index (χ1n) is 7.80. The predicted molar refractivity (Wildman–Crippen MR) is 93.1 cm³/mol. The molecule has 1 N–H and O–H groups in total. The Balaban J connectivity index is 1.53. The summed E-state index contributed by atoms with van der Waals surface area (Å²) in [6, 6.07) is 8.77. The van der Waals surface area contributed by atoms with Crippen LogP contribution in [0.5, 0.6) is 5.75 Å². The van der Waals surface area contributed by atoms with E-state index >= 15 is 0 Å². The van der Waals surface area contributed by atoms with E-state index in [4.69, 9.17) is 20.8 Å². The molecule has 0 atom stereocenters. The molecule has 0 saturated carbocycles. The number of hydrogen-bond donors (Lipinski definition) is 1. The van der Waals surface area contributed by atoms with Crippen LogP contribution in [0.1, 0.15) is 11.3 Å². The van der Waals surface area contributed by atoms with Gasteiger partial charge in [-0.3, -0.25) is 9.59 Å². The molecule has 2 amide bonds. The molecule has 130 valence electrons. The van der Waals surface area contributed by atoms with Crippen molar-refractivity contribution in [3.05, 3.63) is 59.0 Å². The van der Waals surface area contributed by atoms with Crippen molar-refractivity contribution >= 4 is 29.5 Å². The standard InChI is InChI=1S/C18H17ClN2O4/c19-14-3-5-16-13(10-14)11-21(18(23)12-25-16)8-7-20-17(22)6-4-15-2-1-9-24-15/h1-6,9-10H,7-8,11-12H2,(H,20,22)/b6-4+. The van der Waals surface area contributed by atoms with Crippen LogP contribution in [0.2, 0.25) is 5.02 Å². The van der Waals surface area contributed by atoms with Gasteiger partial charge in [0.15, 0.2) is 6.61 Å². The minimum absolute atomic E-state index is 0.0268. The lowest BCUT2D eigenvalue weighted by atomic mass is 10.2. The average molecular weight is 361 g/mol. The second-order valence-electron chi connectivity index (χ2n) is 5.50. The van der Waals surface area contributed by atoms with Crippen molar-refractivity contribution in [1.82, 2.24) is 10.2 Å². The molecule has 3 rings (SSSR count). The molecule has 1 aromatic heterocycles. The first-order valence-corrected chi connectivity index (χ1v) is 8.18. The summed E-state index contributed by atoms with van der Waals surface area (Å²) in [7, 11) is 0. The van der Waals surface area contributed by atoms with Gasteiger partial charge in [0, 0.05) is 36.3 Å². The Morgan fingerprint density at radius 2 is 2.24 bits per heavy atom. The lowest BCUT2D eigenvalue weighted by Gasteiger charge is -2.20. The largest absolute Gasteiger partial charge is 0.483 e. The fraction of sp³-hybridized carbons (Fsp3) is 0.222. The van der Waals surface area contributed by atoms with Crippen LogP contribution in [0.15, 0.2) is 47.1 Å². The van der Waals surface area contributed by atoms with Crippen LogP contribution in [0, 0.1) is 0 Å². The van der Waals surface area contributed by atoms with Gasteiger partial charge in [-0.05, 0) is 36.4 Å². The average Bonchev–Trinajstić information content (AvgIpc) is 3.06. The molecule has 0 saturated heterocycles. The number of amides is 2. The van der Waals surface area contributed by atoms with E-state index in [2.05, 4.69) is 5.32 Å². The van der Waals surface area contributed by atoms with Crippen molar-refractivity contribution in [3.63, 3.8) is 0 Å². The van der Waals surface area contributed by atoms with E-state index in [0.29, 0.717) is 36.2 Å². The molecule has 0 aliphatic carbocycles. The highest BCUT2D eigenvalue weighted by Crippen LogP contribution is 2.26. The van der Waals surface area contributed by atoms with Gasteiger partial charge in [0.1, 0.15) is 11.5 Å². The van der Waals surface area contributed by atoms with Crippen molar-refractivity contribution in [3.8, 4) is 5.75 Å². The molecule has 2 heterocycles. The van der Waals surface area contributed by atoms with E-state index in [1.54, 1.807) is 41.3 Å². The topological polar surface area (TPSA) is 71.8 Å².